The number of carbonyl (C=O) groups is 3. The molecule has 2 saturated heterocycles. The Labute approximate surface area is 142 Å². The predicted molar refractivity (Wildman–Crippen MR) is 86.9 cm³/mol. The maximum absolute atomic E-state index is 12.6. The minimum atomic E-state index is -0.881. The highest BCUT2D eigenvalue weighted by atomic mass is 79.9. The molecule has 3 rings (SSSR count). The molecule has 1 aromatic carbocycles. The number of hydrogen-bond donors (Lipinski definition) is 1. The minimum Gasteiger partial charge on any atom is -0.481 e. The zero-order chi connectivity index (χ0) is 16.6. The first-order valence-electron chi connectivity index (χ1n) is 7.56. The van der Waals surface area contributed by atoms with Crippen LogP contribution in [-0.2, 0) is 14.4 Å². The van der Waals surface area contributed by atoms with Crippen molar-refractivity contribution >= 4 is 39.4 Å². The first kappa shape index (κ1) is 16.0. The summed E-state index contributed by atoms with van der Waals surface area (Å²) < 4.78 is 0.876. The Balaban J connectivity index is 1.69. The summed E-state index contributed by atoms with van der Waals surface area (Å²) in [6, 6.07) is 7.41. The van der Waals surface area contributed by atoms with Crippen LogP contribution < -0.4 is 4.90 Å². The molecule has 2 fully saturated rings. The van der Waals surface area contributed by atoms with Crippen molar-refractivity contribution in [2.24, 2.45) is 11.8 Å². The number of likely N-dealkylation sites (tertiary alicyclic amines) is 1. The Morgan fingerprint density at radius 3 is 2.65 bits per heavy atom. The lowest BCUT2D eigenvalue weighted by Gasteiger charge is -2.20. The molecule has 122 valence electrons. The monoisotopic (exact) mass is 380 g/mol. The van der Waals surface area contributed by atoms with Crippen LogP contribution >= 0.6 is 15.9 Å². The molecule has 6 nitrogen and oxygen atoms in total. The number of halogens is 1. The molecule has 0 aromatic heterocycles. The number of rotatable bonds is 3. The molecular weight excluding hydrogens is 364 g/mol. The van der Waals surface area contributed by atoms with E-state index in [9.17, 15) is 14.4 Å². The summed E-state index contributed by atoms with van der Waals surface area (Å²) in [7, 11) is 0. The second-order valence-electron chi connectivity index (χ2n) is 5.92. The molecule has 1 aromatic rings. The van der Waals surface area contributed by atoms with Crippen molar-refractivity contribution in [1.29, 1.82) is 0 Å². The van der Waals surface area contributed by atoms with E-state index in [1.165, 1.54) is 4.90 Å². The highest BCUT2D eigenvalue weighted by Gasteiger charge is 2.42. The molecule has 0 aliphatic carbocycles. The lowest BCUT2D eigenvalue weighted by molar-refractivity contribution is -0.142. The number of hydrogen-bond acceptors (Lipinski definition) is 3. The maximum atomic E-state index is 12.6. The fourth-order valence-electron chi connectivity index (χ4n) is 3.19. The van der Waals surface area contributed by atoms with E-state index >= 15 is 0 Å². The van der Waals surface area contributed by atoms with Crippen LogP contribution in [0.5, 0.6) is 0 Å². The van der Waals surface area contributed by atoms with Crippen LogP contribution in [0.4, 0.5) is 5.69 Å². The number of anilines is 1. The van der Waals surface area contributed by atoms with Crippen molar-refractivity contribution in [2.75, 3.05) is 24.5 Å². The summed E-state index contributed by atoms with van der Waals surface area (Å²) in [5.41, 5.74) is 0.768. The summed E-state index contributed by atoms with van der Waals surface area (Å²) in [6.07, 6.45) is 0.926. The number of carbonyl (C=O) groups excluding carboxylic acids is 2. The summed E-state index contributed by atoms with van der Waals surface area (Å²) >= 11 is 3.38. The van der Waals surface area contributed by atoms with E-state index in [0.717, 1.165) is 10.2 Å². The first-order valence-corrected chi connectivity index (χ1v) is 8.35. The van der Waals surface area contributed by atoms with Crippen LogP contribution in [0.2, 0.25) is 0 Å². The van der Waals surface area contributed by atoms with Crippen LogP contribution in [0.1, 0.15) is 12.8 Å². The maximum Gasteiger partial charge on any atom is 0.308 e. The van der Waals surface area contributed by atoms with Crippen LogP contribution in [0.15, 0.2) is 28.7 Å². The molecule has 1 N–H and O–H groups in total. The van der Waals surface area contributed by atoms with Crippen molar-refractivity contribution in [3.63, 3.8) is 0 Å². The van der Waals surface area contributed by atoms with Gasteiger partial charge in [0.15, 0.2) is 0 Å². The highest BCUT2D eigenvalue weighted by Crippen LogP contribution is 2.29. The quantitative estimate of drug-likeness (QED) is 0.810. The molecule has 2 amide bonds. The summed E-state index contributed by atoms with van der Waals surface area (Å²) in [5.74, 6) is -2.53. The molecule has 7 heteroatoms. The SMILES string of the molecule is O=C(O)[C@@H]1CCN(C(=O)[C@H]2CCN(c3cccc(Br)c3)C2=O)C1. The van der Waals surface area contributed by atoms with Gasteiger partial charge in [0.05, 0.1) is 5.92 Å². The number of amides is 2. The van der Waals surface area contributed by atoms with E-state index in [2.05, 4.69) is 15.9 Å². The average molecular weight is 381 g/mol. The number of carboxylic acid groups (broad SMARTS) is 1. The van der Waals surface area contributed by atoms with Crippen molar-refractivity contribution in [3.05, 3.63) is 28.7 Å². The highest BCUT2D eigenvalue weighted by molar-refractivity contribution is 9.10. The van der Waals surface area contributed by atoms with Crippen LogP contribution in [0.3, 0.4) is 0 Å². The molecule has 0 saturated carbocycles. The van der Waals surface area contributed by atoms with Crippen molar-refractivity contribution in [3.8, 4) is 0 Å². The zero-order valence-electron chi connectivity index (χ0n) is 12.4. The van der Waals surface area contributed by atoms with Gasteiger partial charge in [-0.3, -0.25) is 14.4 Å². The van der Waals surface area contributed by atoms with E-state index in [0.29, 0.717) is 25.9 Å². The van der Waals surface area contributed by atoms with Crippen LogP contribution in [0, 0.1) is 11.8 Å². The number of nitrogens with zero attached hydrogens (tertiary/aromatic N) is 2. The van der Waals surface area contributed by atoms with Crippen LogP contribution in [0.25, 0.3) is 0 Å². The standard InChI is InChI=1S/C16H17BrN2O4/c17-11-2-1-3-12(8-11)19-7-5-13(15(19)21)14(20)18-6-4-10(9-18)16(22)23/h1-3,8,10,13H,4-7,9H2,(H,22,23)/t10-,13-/m1/s1. The van der Waals surface area contributed by atoms with Gasteiger partial charge in [-0.15, -0.1) is 0 Å². The van der Waals surface area contributed by atoms with Gasteiger partial charge in [-0.2, -0.15) is 0 Å². The molecule has 0 spiro atoms. The van der Waals surface area contributed by atoms with Gasteiger partial charge >= 0.3 is 5.97 Å². The Hall–Kier alpha value is -1.89. The predicted octanol–water partition coefficient (Wildman–Crippen LogP) is 1.74. The third kappa shape index (κ3) is 3.10. The number of aliphatic carboxylic acids is 1. The normalized spacial score (nSPS) is 24.3. The van der Waals surface area contributed by atoms with Crippen molar-refractivity contribution in [1.82, 2.24) is 4.90 Å². The van der Waals surface area contributed by atoms with E-state index in [4.69, 9.17) is 5.11 Å². The summed E-state index contributed by atoms with van der Waals surface area (Å²) in [4.78, 5) is 39.3. The average Bonchev–Trinajstić information content (AvgIpc) is 3.13. The summed E-state index contributed by atoms with van der Waals surface area (Å²) in [5, 5.41) is 9.03. The van der Waals surface area contributed by atoms with Gasteiger partial charge in [-0.25, -0.2) is 0 Å². The Kier molecular flexibility index (Phi) is 4.39. The number of benzene rings is 1. The smallest absolute Gasteiger partial charge is 0.308 e. The Bertz CT molecular complexity index is 663. The number of carboxylic acids is 1. The van der Waals surface area contributed by atoms with Gasteiger partial charge in [0, 0.05) is 29.8 Å². The van der Waals surface area contributed by atoms with Gasteiger partial charge in [0.25, 0.3) is 0 Å². The second kappa shape index (κ2) is 6.31. The van der Waals surface area contributed by atoms with E-state index in [-0.39, 0.29) is 18.4 Å². The molecule has 2 aliphatic rings. The Morgan fingerprint density at radius 1 is 1.22 bits per heavy atom. The van der Waals surface area contributed by atoms with Crippen LogP contribution in [-0.4, -0.2) is 47.4 Å². The van der Waals surface area contributed by atoms with Crippen molar-refractivity contribution in [2.45, 2.75) is 12.8 Å². The van der Waals surface area contributed by atoms with Gasteiger partial charge in [-0.05, 0) is 31.0 Å². The largest absolute Gasteiger partial charge is 0.481 e. The van der Waals surface area contributed by atoms with Gasteiger partial charge in [-0.1, -0.05) is 22.0 Å². The fourth-order valence-corrected chi connectivity index (χ4v) is 3.58. The van der Waals surface area contributed by atoms with Gasteiger partial charge in [0.2, 0.25) is 11.8 Å². The molecule has 0 bridgehead atoms. The summed E-state index contributed by atoms with van der Waals surface area (Å²) in [6.45, 7) is 1.12. The van der Waals surface area contributed by atoms with Gasteiger partial charge in [0.1, 0.15) is 5.92 Å². The molecule has 0 unspecified atom stereocenters. The van der Waals surface area contributed by atoms with E-state index in [1.807, 2.05) is 24.3 Å². The lowest BCUT2D eigenvalue weighted by Crippen LogP contribution is -2.39. The topological polar surface area (TPSA) is 77.9 Å². The molecular formula is C16H17BrN2O4. The molecule has 23 heavy (non-hydrogen) atoms. The lowest BCUT2D eigenvalue weighted by atomic mass is 10.1. The molecule has 0 radical (unpaired) electrons. The fraction of sp³-hybridized carbons (Fsp3) is 0.438. The molecule has 2 atom stereocenters. The van der Waals surface area contributed by atoms with Crippen molar-refractivity contribution < 1.29 is 19.5 Å². The van der Waals surface area contributed by atoms with Gasteiger partial charge < -0.3 is 14.9 Å². The van der Waals surface area contributed by atoms with E-state index < -0.39 is 17.8 Å². The third-order valence-electron chi connectivity index (χ3n) is 4.47. The second-order valence-corrected chi connectivity index (χ2v) is 6.83. The zero-order valence-corrected chi connectivity index (χ0v) is 14.0. The van der Waals surface area contributed by atoms with E-state index in [1.54, 1.807) is 4.90 Å². The first-order chi connectivity index (χ1) is 11.0. The third-order valence-corrected chi connectivity index (χ3v) is 4.97. The molecule has 2 heterocycles. The Morgan fingerprint density at radius 2 is 2.00 bits per heavy atom. The minimum absolute atomic E-state index is 0.202. The molecule has 2 aliphatic heterocycles.